The van der Waals surface area contributed by atoms with Crippen molar-refractivity contribution in [2.45, 2.75) is 64.5 Å². The molecule has 0 aromatic carbocycles. The minimum Gasteiger partial charge on any atom is -0.353 e. The van der Waals surface area contributed by atoms with Crippen molar-refractivity contribution in [3.63, 3.8) is 0 Å². The molecule has 0 saturated heterocycles. The summed E-state index contributed by atoms with van der Waals surface area (Å²) < 4.78 is 0. The summed E-state index contributed by atoms with van der Waals surface area (Å²) in [6.45, 7) is 6.12. The Morgan fingerprint density at radius 2 is 2.19 bits per heavy atom. The predicted molar refractivity (Wildman–Crippen MR) is 69.7 cm³/mol. The van der Waals surface area contributed by atoms with Gasteiger partial charge in [0.2, 0.25) is 5.91 Å². The van der Waals surface area contributed by atoms with E-state index in [1.807, 2.05) is 13.8 Å². The molecule has 0 bridgehead atoms. The normalized spacial score (nSPS) is 31.4. The number of carbonyl (C=O) groups excluding carboxylic acids is 1. The first kappa shape index (κ1) is 15.7. The van der Waals surface area contributed by atoms with Gasteiger partial charge < -0.3 is 11.1 Å². The number of hydrogen-bond donors (Lipinski definition) is 2. The first-order valence-corrected chi connectivity index (χ1v) is 6.06. The van der Waals surface area contributed by atoms with Crippen LogP contribution in [-0.4, -0.2) is 17.5 Å². The number of nitrogens with one attached hydrogen (secondary N) is 1. The van der Waals surface area contributed by atoms with Crippen LogP contribution in [-0.2, 0) is 4.79 Å². The predicted octanol–water partition coefficient (Wildman–Crippen LogP) is 2.23. The molecule has 96 valence electrons. The van der Waals surface area contributed by atoms with Gasteiger partial charge in [0, 0.05) is 11.6 Å². The Kier molecular flexibility index (Phi) is 6.34. The lowest BCUT2D eigenvalue weighted by molar-refractivity contribution is -0.128. The molecule has 1 saturated carbocycles. The number of carbonyl (C=O) groups is 1. The largest absolute Gasteiger partial charge is 0.353 e. The average molecular weight is 249 g/mol. The lowest BCUT2D eigenvalue weighted by Gasteiger charge is -2.37. The molecule has 0 heterocycles. The second kappa shape index (κ2) is 6.45. The number of nitrogens with two attached hydrogens (primary N) is 1. The summed E-state index contributed by atoms with van der Waals surface area (Å²) in [5, 5.41) is 3.04. The molecule has 0 radical (unpaired) electrons. The molecular weight excluding hydrogens is 224 g/mol. The standard InChI is InChI=1S/C12H24N2O.ClH/c1-4-9(2)14-11(15)10-7-5-6-8-12(10,3)13;/h9-10H,4-8,13H2,1-3H3,(H,14,15);1H. The molecule has 1 rings (SSSR count). The van der Waals surface area contributed by atoms with E-state index in [1.54, 1.807) is 0 Å². The highest BCUT2D eigenvalue weighted by Crippen LogP contribution is 2.31. The van der Waals surface area contributed by atoms with Crippen molar-refractivity contribution in [3.05, 3.63) is 0 Å². The number of amides is 1. The smallest absolute Gasteiger partial charge is 0.225 e. The number of halogens is 1. The highest BCUT2D eigenvalue weighted by atomic mass is 35.5. The molecule has 3 atom stereocenters. The fourth-order valence-electron chi connectivity index (χ4n) is 2.23. The first-order valence-electron chi connectivity index (χ1n) is 6.06. The topological polar surface area (TPSA) is 55.1 Å². The van der Waals surface area contributed by atoms with Gasteiger partial charge in [0.25, 0.3) is 0 Å². The van der Waals surface area contributed by atoms with Crippen LogP contribution in [0.15, 0.2) is 0 Å². The first-order chi connectivity index (χ1) is 6.97. The van der Waals surface area contributed by atoms with E-state index in [0.29, 0.717) is 0 Å². The lowest BCUT2D eigenvalue weighted by atomic mass is 9.74. The van der Waals surface area contributed by atoms with Crippen LogP contribution in [0.5, 0.6) is 0 Å². The summed E-state index contributed by atoms with van der Waals surface area (Å²) in [5.74, 6) is 0.148. The maximum atomic E-state index is 12.0. The van der Waals surface area contributed by atoms with Gasteiger partial charge in [0.1, 0.15) is 0 Å². The van der Waals surface area contributed by atoms with Crippen molar-refractivity contribution in [1.29, 1.82) is 0 Å². The van der Waals surface area contributed by atoms with E-state index < -0.39 is 0 Å². The van der Waals surface area contributed by atoms with Gasteiger partial charge in [0.15, 0.2) is 0 Å². The zero-order valence-corrected chi connectivity index (χ0v) is 11.4. The Morgan fingerprint density at radius 1 is 1.56 bits per heavy atom. The molecule has 3 nitrogen and oxygen atoms in total. The van der Waals surface area contributed by atoms with E-state index in [1.165, 1.54) is 0 Å². The van der Waals surface area contributed by atoms with Crippen molar-refractivity contribution in [2.24, 2.45) is 11.7 Å². The lowest BCUT2D eigenvalue weighted by Crippen LogP contribution is -2.53. The molecule has 0 aromatic heterocycles. The summed E-state index contributed by atoms with van der Waals surface area (Å²) in [6, 6.07) is 0.259. The molecule has 0 aliphatic heterocycles. The Labute approximate surface area is 105 Å². The van der Waals surface area contributed by atoms with Crippen LogP contribution in [0, 0.1) is 5.92 Å². The van der Waals surface area contributed by atoms with Crippen LogP contribution < -0.4 is 11.1 Å². The number of hydrogen-bond acceptors (Lipinski definition) is 2. The fraction of sp³-hybridized carbons (Fsp3) is 0.917. The SMILES string of the molecule is CCC(C)NC(=O)C1CCCCC1(C)N.Cl. The molecule has 4 heteroatoms. The Balaban J connectivity index is 0.00000225. The van der Waals surface area contributed by atoms with Gasteiger partial charge in [-0.1, -0.05) is 19.8 Å². The molecule has 16 heavy (non-hydrogen) atoms. The summed E-state index contributed by atoms with van der Waals surface area (Å²) in [5.41, 5.74) is 5.87. The third kappa shape index (κ3) is 3.95. The van der Waals surface area contributed by atoms with Crippen LogP contribution in [0.2, 0.25) is 0 Å². The maximum Gasteiger partial charge on any atom is 0.225 e. The van der Waals surface area contributed by atoms with Gasteiger partial charge in [0.05, 0.1) is 5.92 Å². The van der Waals surface area contributed by atoms with Gasteiger partial charge in [-0.05, 0) is 33.1 Å². The van der Waals surface area contributed by atoms with E-state index in [4.69, 9.17) is 5.73 Å². The molecule has 1 aliphatic rings. The molecular formula is C12H25ClN2O. The Morgan fingerprint density at radius 3 is 2.69 bits per heavy atom. The van der Waals surface area contributed by atoms with Gasteiger partial charge in [-0.3, -0.25) is 4.79 Å². The second-order valence-electron chi connectivity index (χ2n) is 5.12. The maximum absolute atomic E-state index is 12.0. The minimum absolute atomic E-state index is 0. The van der Waals surface area contributed by atoms with Gasteiger partial charge in [-0.25, -0.2) is 0 Å². The van der Waals surface area contributed by atoms with E-state index in [2.05, 4.69) is 12.2 Å². The highest BCUT2D eigenvalue weighted by Gasteiger charge is 2.37. The van der Waals surface area contributed by atoms with Crippen molar-refractivity contribution in [3.8, 4) is 0 Å². The molecule has 3 N–H and O–H groups in total. The summed E-state index contributed by atoms with van der Waals surface area (Å²) in [4.78, 5) is 12.0. The van der Waals surface area contributed by atoms with Gasteiger partial charge in [-0.15, -0.1) is 12.4 Å². The van der Waals surface area contributed by atoms with Crippen LogP contribution >= 0.6 is 12.4 Å². The minimum atomic E-state index is -0.310. The van der Waals surface area contributed by atoms with Crippen molar-refractivity contribution in [1.82, 2.24) is 5.32 Å². The van der Waals surface area contributed by atoms with Gasteiger partial charge >= 0.3 is 0 Å². The Bertz CT molecular complexity index is 231. The van der Waals surface area contributed by atoms with Crippen LogP contribution in [0.25, 0.3) is 0 Å². The molecule has 3 unspecified atom stereocenters. The Hall–Kier alpha value is -0.280. The van der Waals surface area contributed by atoms with E-state index in [0.717, 1.165) is 32.1 Å². The molecule has 1 aliphatic carbocycles. The zero-order valence-electron chi connectivity index (χ0n) is 10.6. The van der Waals surface area contributed by atoms with Crippen LogP contribution in [0.3, 0.4) is 0 Å². The average Bonchev–Trinajstić information content (AvgIpc) is 2.16. The van der Waals surface area contributed by atoms with Crippen LogP contribution in [0.4, 0.5) is 0 Å². The summed E-state index contributed by atoms with van der Waals surface area (Å²) in [7, 11) is 0. The quantitative estimate of drug-likeness (QED) is 0.805. The summed E-state index contributed by atoms with van der Waals surface area (Å²) >= 11 is 0. The van der Waals surface area contributed by atoms with Crippen molar-refractivity contribution >= 4 is 18.3 Å². The number of rotatable bonds is 3. The summed E-state index contributed by atoms with van der Waals surface area (Å²) in [6.07, 6.45) is 5.16. The monoisotopic (exact) mass is 248 g/mol. The third-order valence-electron chi connectivity index (χ3n) is 3.57. The second-order valence-corrected chi connectivity index (χ2v) is 5.12. The molecule has 1 amide bonds. The van der Waals surface area contributed by atoms with E-state index in [-0.39, 0.29) is 35.8 Å². The van der Waals surface area contributed by atoms with E-state index in [9.17, 15) is 4.79 Å². The van der Waals surface area contributed by atoms with Crippen molar-refractivity contribution in [2.75, 3.05) is 0 Å². The zero-order chi connectivity index (χ0) is 11.5. The fourth-order valence-corrected chi connectivity index (χ4v) is 2.23. The van der Waals surface area contributed by atoms with E-state index >= 15 is 0 Å². The van der Waals surface area contributed by atoms with Crippen LogP contribution in [0.1, 0.15) is 52.9 Å². The van der Waals surface area contributed by atoms with Crippen molar-refractivity contribution < 1.29 is 4.79 Å². The molecule has 1 fully saturated rings. The molecule has 0 spiro atoms. The third-order valence-corrected chi connectivity index (χ3v) is 3.57. The van der Waals surface area contributed by atoms with Gasteiger partial charge in [-0.2, -0.15) is 0 Å². The highest BCUT2D eigenvalue weighted by molar-refractivity contribution is 5.85. The molecule has 0 aromatic rings.